The zero-order chi connectivity index (χ0) is 15.0. The van der Waals surface area contributed by atoms with Crippen molar-refractivity contribution in [1.29, 1.82) is 0 Å². The molecule has 1 aliphatic rings. The Morgan fingerprint density at radius 2 is 2.25 bits per heavy atom. The van der Waals surface area contributed by atoms with E-state index in [0.717, 1.165) is 5.56 Å². The van der Waals surface area contributed by atoms with E-state index in [0.29, 0.717) is 23.8 Å². The number of morpholine rings is 1. The Hall–Kier alpha value is -0.470. The zero-order valence-corrected chi connectivity index (χ0v) is 14.0. The fourth-order valence-corrected chi connectivity index (χ4v) is 5.52. The lowest BCUT2D eigenvalue weighted by molar-refractivity contribution is -0.109. The van der Waals surface area contributed by atoms with Gasteiger partial charge < -0.3 is 10.1 Å². The smallest absolute Gasteiger partial charge is 0.252 e. The van der Waals surface area contributed by atoms with Crippen LogP contribution in [0.1, 0.15) is 26.3 Å². The molecule has 1 aromatic heterocycles. The molecule has 1 aliphatic heterocycles. The third kappa shape index (κ3) is 3.40. The quantitative estimate of drug-likeness (QED) is 0.917. The molecule has 5 nitrogen and oxygen atoms in total. The molecule has 0 bridgehead atoms. The molecule has 0 amide bonds. The summed E-state index contributed by atoms with van der Waals surface area (Å²) >= 11 is 1.28. The van der Waals surface area contributed by atoms with Crippen molar-refractivity contribution in [3.05, 3.63) is 17.0 Å². The predicted molar refractivity (Wildman–Crippen MR) is 80.5 cm³/mol. The van der Waals surface area contributed by atoms with Crippen LogP contribution in [0.4, 0.5) is 0 Å². The molecule has 114 valence electrons. The fraction of sp³-hybridized carbons (Fsp3) is 0.692. The number of hydrogen-bond acceptors (Lipinski definition) is 5. The van der Waals surface area contributed by atoms with Crippen LogP contribution in [0.5, 0.6) is 0 Å². The van der Waals surface area contributed by atoms with Gasteiger partial charge in [-0.1, -0.05) is 0 Å². The highest BCUT2D eigenvalue weighted by molar-refractivity contribution is 7.91. The van der Waals surface area contributed by atoms with Crippen molar-refractivity contribution < 1.29 is 13.2 Å². The third-order valence-corrected chi connectivity index (χ3v) is 6.42. The first-order valence-electron chi connectivity index (χ1n) is 6.64. The molecular weight excluding hydrogens is 296 g/mol. The number of hydrogen-bond donors (Lipinski definition) is 1. The van der Waals surface area contributed by atoms with Gasteiger partial charge in [0.15, 0.2) is 0 Å². The van der Waals surface area contributed by atoms with Crippen LogP contribution in [-0.4, -0.2) is 44.6 Å². The molecule has 2 heterocycles. The van der Waals surface area contributed by atoms with Crippen LogP contribution in [0.25, 0.3) is 0 Å². The molecule has 1 aromatic rings. The number of nitrogens with zero attached hydrogens (tertiary/aromatic N) is 1. The topological polar surface area (TPSA) is 58.6 Å². The predicted octanol–water partition coefficient (Wildman–Crippen LogP) is 1.66. The summed E-state index contributed by atoms with van der Waals surface area (Å²) in [7, 11) is -1.57. The molecule has 1 atom stereocenters. The van der Waals surface area contributed by atoms with E-state index in [9.17, 15) is 8.42 Å². The number of thiophene rings is 1. The van der Waals surface area contributed by atoms with Crippen LogP contribution in [0.3, 0.4) is 0 Å². The Bertz CT molecular complexity index is 566. The molecule has 0 saturated carbocycles. The molecule has 1 saturated heterocycles. The van der Waals surface area contributed by atoms with E-state index in [-0.39, 0.29) is 6.10 Å². The molecule has 7 heteroatoms. The van der Waals surface area contributed by atoms with Crippen LogP contribution in [-0.2, 0) is 21.3 Å². The number of sulfonamides is 1. The Labute approximate surface area is 125 Å². The molecule has 0 aliphatic carbocycles. The number of nitrogens with one attached hydrogen (secondary N) is 1. The molecule has 1 N–H and O–H groups in total. The van der Waals surface area contributed by atoms with Crippen molar-refractivity contribution >= 4 is 21.4 Å². The van der Waals surface area contributed by atoms with Gasteiger partial charge in [0, 0.05) is 19.6 Å². The number of rotatable bonds is 4. The van der Waals surface area contributed by atoms with E-state index in [1.54, 1.807) is 6.07 Å². The van der Waals surface area contributed by atoms with Gasteiger partial charge >= 0.3 is 0 Å². The van der Waals surface area contributed by atoms with Crippen LogP contribution < -0.4 is 5.32 Å². The molecule has 2 rings (SSSR count). The van der Waals surface area contributed by atoms with Crippen LogP contribution in [0, 0.1) is 0 Å². The lowest BCUT2D eigenvalue weighted by Gasteiger charge is -2.40. The maximum Gasteiger partial charge on any atom is 0.252 e. The summed E-state index contributed by atoms with van der Waals surface area (Å²) in [5.74, 6) is 0. The molecule has 20 heavy (non-hydrogen) atoms. The number of ether oxygens (including phenoxy) is 1. The lowest BCUT2D eigenvalue weighted by Crippen LogP contribution is -2.53. The van der Waals surface area contributed by atoms with E-state index < -0.39 is 15.6 Å². The molecule has 0 aromatic carbocycles. The van der Waals surface area contributed by atoms with Crippen LogP contribution in [0.15, 0.2) is 15.7 Å². The van der Waals surface area contributed by atoms with Crippen molar-refractivity contribution in [2.45, 2.75) is 43.2 Å². The fourth-order valence-electron chi connectivity index (χ4n) is 2.49. The summed E-state index contributed by atoms with van der Waals surface area (Å²) in [5.41, 5.74) is 0.548. The summed E-state index contributed by atoms with van der Waals surface area (Å²) in [4.78, 5) is 0. The molecule has 0 spiro atoms. The maximum absolute atomic E-state index is 12.7. The van der Waals surface area contributed by atoms with Crippen LogP contribution >= 0.6 is 11.3 Å². The average Bonchev–Trinajstić information content (AvgIpc) is 2.76. The second-order valence-corrected chi connectivity index (χ2v) is 8.87. The minimum absolute atomic E-state index is 0.0923. The van der Waals surface area contributed by atoms with E-state index in [1.165, 1.54) is 15.6 Å². The second-order valence-electron chi connectivity index (χ2n) is 5.79. The zero-order valence-electron chi connectivity index (χ0n) is 12.3. The van der Waals surface area contributed by atoms with Gasteiger partial charge in [-0.3, -0.25) is 0 Å². The summed E-state index contributed by atoms with van der Waals surface area (Å²) in [6.45, 7) is 7.23. The minimum Gasteiger partial charge on any atom is -0.370 e. The van der Waals surface area contributed by atoms with E-state index in [2.05, 4.69) is 5.32 Å². The lowest BCUT2D eigenvalue weighted by atomic mass is 10.1. The highest BCUT2D eigenvalue weighted by Crippen LogP contribution is 2.29. The van der Waals surface area contributed by atoms with Crippen molar-refractivity contribution in [2.75, 3.05) is 20.1 Å². The first-order chi connectivity index (χ1) is 9.24. The SMILES string of the molecule is CNCc1csc(S(=O)(=O)N2CC(C)OC(C)(C)C2)c1. The highest BCUT2D eigenvalue weighted by Gasteiger charge is 2.38. The van der Waals surface area contributed by atoms with Crippen molar-refractivity contribution in [2.24, 2.45) is 0 Å². The van der Waals surface area contributed by atoms with Gasteiger partial charge in [0.1, 0.15) is 4.21 Å². The van der Waals surface area contributed by atoms with E-state index >= 15 is 0 Å². The van der Waals surface area contributed by atoms with Gasteiger partial charge in [0.2, 0.25) is 0 Å². The molecule has 1 fully saturated rings. The average molecular weight is 318 g/mol. The van der Waals surface area contributed by atoms with Crippen molar-refractivity contribution in [3.8, 4) is 0 Å². The first-order valence-corrected chi connectivity index (χ1v) is 8.96. The maximum atomic E-state index is 12.7. The Balaban J connectivity index is 2.24. The van der Waals surface area contributed by atoms with Crippen molar-refractivity contribution in [3.63, 3.8) is 0 Å². The Morgan fingerprint density at radius 1 is 1.55 bits per heavy atom. The molecule has 1 unspecified atom stereocenters. The van der Waals surface area contributed by atoms with Gasteiger partial charge in [0.05, 0.1) is 11.7 Å². The van der Waals surface area contributed by atoms with Crippen molar-refractivity contribution in [1.82, 2.24) is 9.62 Å². The normalized spacial score (nSPS) is 23.9. The van der Waals surface area contributed by atoms with Gasteiger partial charge in [-0.05, 0) is 44.8 Å². The summed E-state index contributed by atoms with van der Waals surface area (Å²) in [6, 6.07) is 1.75. The largest absolute Gasteiger partial charge is 0.370 e. The van der Waals surface area contributed by atoms with E-state index in [4.69, 9.17) is 4.74 Å². The van der Waals surface area contributed by atoms with Gasteiger partial charge in [-0.2, -0.15) is 4.31 Å². The standard InChI is InChI=1S/C13H22N2O3S2/c1-10-7-15(9-13(2,3)18-10)20(16,17)12-5-11(6-14-4)8-19-12/h5,8,10,14H,6-7,9H2,1-4H3. The van der Waals surface area contributed by atoms with E-state index in [1.807, 2.05) is 33.2 Å². The highest BCUT2D eigenvalue weighted by atomic mass is 32.2. The van der Waals surface area contributed by atoms with Crippen LogP contribution in [0.2, 0.25) is 0 Å². The summed E-state index contributed by atoms with van der Waals surface area (Å²) < 4.78 is 33.1. The summed E-state index contributed by atoms with van der Waals surface area (Å²) in [5, 5.41) is 4.91. The van der Waals surface area contributed by atoms with Gasteiger partial charge in [-0.25, -0.2) is 8.42 Å². The molecular formula is C13H22N2O3S2. The minimum atomic E-state index is -3.42. The second kappa shape index (κ2) is 5.73. The third-order valence-electron chi connectivity index (χ3n) is 3.14. The Kier molecular flexibility index (Phi) is 4.56. The monoisotopic (exact) mass is 318 g/mol. The summed E-state index contributed by atoms with van der Waals surface area (Å²) in [6.07, 6.45) is -0.0923. The Morgan fingerprint density at radius 3 is 2.85 bits per heavy atom. The molecule has 0 radical (unpaired) electrons. The van der Waals surface area contributed by atoms with Gasteiger partial charge in [0.25, 0.3) is 10.0 Å². The first kappa shape index (κ1) is 15.9. The van der Waals surface area contributed by atoms with Gasteiger partial charge in [-0.15, -0.1) is 11.3 Å².